The number of ether oxygens (including phenoxy) is 2. The minimum Gasteiger partial charge on any atom is -0.492 e. The van der Waals surface area contributed by atoms with E-state index in [1.165, 1.54) is 0 Å². The van der Waals surface area contributed by atoms with Gasteiger partial charge in [0.15, 0.2) is 5.57 Å². The van der Waals surface area contributed by atoms with Crippen LogP contribution in [-0.4, -0.2) is 25.0 Å². The van der Waals surface area contributed by atoms with E-state index in [0.717, 1.165) is 0 Å². The molecule has 0 fully saturated rings. The van der Waals surface area contributed by atoms with Gasteiger partial charge in [0.1, 0.15) is 5.76 Å². The minimum atomic E-state index is -0.623. The van der Waals surface area contributed by atoms with E-state index < -0.39 is 5.97 Å². The molecule has 0 radical (unpaired) electrons. The van der Waals surface area contributed by atoms with E-state index in [4.69, 9.17) is 9.47 Å². The molecule has 0 heterocycles. The molecule has 4 nitrogen and oxygen atoms in total. The SMILES string of the molecule is CCOC(=O)C1=C(OCC)c2ccccc2C1=O. The first-order chi connectivity index (χ1) is 8.70. The monoisotopic (exact) mass is 246 g/mol. The lowest BCUT2D eigenvalue weighted by atomic mass is 10.1. The number of hydrogen-bond donors (Lipinski definition) is 0. The number of ketones is 1. The summed E-state index contributed by atoms with van der Waals surface area (Å²) in [5.74, 6) is -0.619. The number of carbonyl (C=O) groups excluding carboxylic acids is 2. The van der Waals surface area contributed by atoms with Crippen LogP contribution in [0.15, 0.2) is 29.8 Å². The highest BCUT2D eigenvalue weighted by Crippen LogP contribution is 2.34. The molecule has 0 saturated carbocycles. The van der Waals surface area contributed by atoms with Crippen LogP contribution in [0.4, 0.5) is 0 Å². The molecule has 1 aliphatic rings. The zero-order valence-corrected chi connectivity index (χ0v) is 10.4. The number of hydrogen-bond acceptors (Lipinski definition) is 4. The second kappa shape index (κ2) is 5.04. The summed E-state index contributed by atoms with van der Waals surface area (Å²) in [5, 5.41) is 0. The van der Waals surface area contributed by atoms with E-state index in [-0.39, 0.29) is 18.0 Å². The van der Waals surface area contributed by atoms with Crippen molar-refractivity contribution in [1.29, 1.82) is 0 Å². The van der Waals surface area contributed by atoms with E-state index in [0.29, 0.717) is 23.5 Å². The van der Waals surface area contributed by atoms with Gasteiger partial charge in [-0.3, -0.25) is 4.79 Å². The van der Waals surface area contributed by atoms with Crippen molar-refractivity contribution in [3.63, 3.8) is 0 Å². The Labute approximate surface area is 105 Å². The molecule has 0 aliphatic heterocycles. The molecule has 1 aliphatic carbocycles. The van der Waals surface area contributed by atoms with Gasteiger partial charge in [-0.25, -0.2) is 4.79 Å². The summed E-state index contributed by atoms with van der Waals surface area (Å²) >= 11 is 0. The summed E-state index contributed by atoms with van der Waals surface area (Å²) < 4.78 is 10.3. The average molecular weight is 246 g/mol. The first-order valence-electron chi connectivity index (χ1n) is 5.89. The number of esters is 1. The maximum absolute atomic E-state index is 12.2. The Morgan fingerprint density at radius 1 is 1.11 bits per heavy atom. The molecule has 0 unspecified atom stereocenters. The largest absolute Gasteiger partial charge is 0.492 e. The highest BCUT2D eigenvalue weighted by atomic mass is 16.5. The predicted octanol–water partition coefficient (Wildman–Crippen LogP) is 2.19. The summed E-state index contributed by atoms with van der Waals surface area (Å²) in [7, 11) is 0. The van der Waals surface area contributed by atoms with Crippen molar-refractivity contribution in [2.24, 2.45) is 0 Å². The van der Waals surface area contributed by atoms with Crippen LogP contribution in [0.1, 0.15) is 29.8 Å². The number of Topliss-reactive ketones (excluding diaryl/α,β-unsaturated/α-hetero) is 1. The number of fused-ring (bicyclic) bond motifs is 1. The molecule has 1 aromatic rings. The van der Waals surface area contributed by atoms with Crippen molar-refractivity contribution in [2.45, 2.75) is 13.8 Å². The molecule has 0 amide bonds. The van der Waals surface area contributed by atoms with Gasteiger partial charge in [-0.2, -0.15) is 0 Å². The Hall–Kier alpha value is -2.10. The fourth-order valence-corrected chi connectivity index (χ4v) is 1.93. The normalized spacial score (nSPS) is 13.6. The molecule has 4 heteroatoms. The first-order valence-corrected chi connectivity index (χ1v) is 5.89. The van der Waals surface area contributed by atoms with Crippen molar-refractivity contribution in [3.8, 4) is 0 Å². The van der Waals surface area contributed by atoms with E-state index in [2.05, 4.69) is 0 Å². The van der Waals surface area contributed by atoms with Gasteiger partial charge in [0.05, 0.1) is 13.2 Å². The summed E-state index contributed by atoms with van der Waals surface area (Å²) in [6.45, 7) is 4.12. The zero-order valence-electron chi connectivity index (χ0n) is 10.4. The van der Waals surface area contributed by atoms with Gasteiger partial charge in [0.25, 0.3) is 0 Å². The summed E-state index contributed by atoms with van der Waals surface area (Å²) in [6.07, 6.45) is 0. The van der Waals surface area contributed by atoms with Crippen LogP contribution in [0, 0.1) is 0 Å². The Morgan fingerprint density at radius 3 is 2.39 bits per heavy atom. The summed E-state index contributed by atoms with van der Waals surface area (Å²) in [5.41, 5.74) is 1.15. The van der Waals surface area contributed by atoms with E-state index in [9.17, 15) is 9.59 Å². The van der Waals surface area contributed by atoms with Crippen molar-refractivity contribution >= 4 is 17.5 Å². The number of rotatable bonds is 4. The van der Waals surface area contributed by atoms with Crippen molar-refractivity contribution in [3.05, 3.63) is 41.0 Å². The number of carbonyl (C=O) groups is 2. The molecule has 1 aromatic carbocycles. The molecule has 0 bridgehead atoms. The average Bonchev–Trinajstić information content (AvgIpc) is 2.65. The summed E-state index contributed by atoms with van der Waals surface area (Å²) in [6, 6.07) is 7.01. The molecular formula is C14H14O4. The van der Waals surface area contributed by atoms with Crippen LogP contribution >= 0.6 is 0 Å². The lowest BCUT2D eigenvalue weighted by Crippen LogP contribution is -2.14. The predicted molar refractivity (Wildman–Crippen MR) is 66.0 cm³/mol. The first kappa shape index (κ1) is 12.4. The molecule has 0 aromatic heterocycles. The van der Waals surface area contributed by atoms with Gasteiger partial charge in [0.2, 0.25) is 5.78 Å². The van der Waals surface area contributed by atoms with Crippen LogP contribution in [0.25, 0.3) is 5.76 Å². The van der Waals surface area contributed by atoms with Gasteiger partial charge >= 0.3 is 5.97 Å². The van der Waals surface area contributed by atoms with E-state index in [1.54, 1.807) is 38.1 Å². The molecule has 2 rings (SSSR count). The zero-order chi connectivity index (χ0) is 13.1. The molecule has 0 N–H and O–H groups in total. The van der Waals surface area contributed by atoms with E-state index in [1.807, 2.05) is 0 Å². The van der Waals surface area contributed by atoms with Crippen LogP contribution in [0.3, 0.4) is 0 Å². The lowest BCUT2D eigenvalue weighted by molar-refractivity contribution is -0.138. The standard InChI is InChI=1S/C14H14O4/c1-3-17-13-10-8-6-5-7-9(10)12(15)11(13)14(16)18-4-2/h5-8H,3-4H2,1-2H3. The lowest BCUT2D eigenvalue weighted by Gasteiger charge is -2.07. The highest BCUT2D eigenvalue weighted by molar-refractivity contribution is 6.32. The molecule has 94 valence electrons. The molecule has 0 spiro atoms. The van der Waals surface area contributed by atoms with Crippen molar-refractivity contribution in [1.82, 2.24) is 0 Å². The van der Waals surface area contributed by atoms with Crippen molar-refractivity contribution in [2.75, 3.05) is 13.2 Å². The summed E-state index contributed by atoms with van der Waals surface area (Å²) in [4.78, 5) is 24.0. The van der Waals surface area contributed by atoms with Gasteiger partial charge in [-0.15, -0.1) is 0 Å². The third-order valence-electron chi connectivity index (χ3n) is 2.64. The van der Waals surface area contributed by atoms with Gasteiger partial charge < -0.3 is 9.47 Å². The second-order valence-electron chi connectivity index (χ2n) is 3.73. The second-order valence-corrected chi connectivity index (χ2v) is 3.73. The maximum atomic E-state index is 12.2. The molecule has 0 atom stereocenters. The van der Waals surface area contributed by atoms with Crippen LogP contribution in [0.2, 0.25) is 0 Å². The smallest absolute Gasteiger partial charge is 0.345 e. The minimum absolute atomic E-state index is 0.0000926. The van der Waals surface area contributed by atoms with Gasteiger partial charge in [0, 0.05) is 11.1 Å². The van der Waals surface area contributed by atoms with Crippen molar-refractivity contribution < 1.29 is 19.1 Å². The van der Waals surface area contributed by atoms with Crippen LogP contribution in [-0.2, 0) is 14.3 Å². The van der Waals surface area contributed by atoms with Crippen LogP contribution in [0.5, 0.6) is 0 Å². The fraction of sp³-hybridized carbons (Fsp3) is 0.286. The quantitative estimate of drug-likeness (QED) is 0.603. The fourth-order valence-electron chi connectivity index (χ4n) is 1.93. The Balaban J connectivity index is 2.51. The number of benzene rings is 1. The maximum Gasteiger partial charge on any atom is 0.345 e. The molecular weight excluding hydrogens is 232 g/mol. The van der Waals surface area contributed by atoms with Gasteiger partial charge in [-0.05, 0) is 13.8 Å². The van der Waals surface area contributed by atoms with Gasteiger partial charge in [-0.1, -0.05) is 24.3 Å². The highest BCUT2D eigenvalue weighted by Gasteiger charge is 2.36. The third kappa shape index (κ3) is 1.90. The third-order valence-corrected chi connectivity index (χ3v) is 2.64. The topological polar surface area (TPSA) is 52.6 Å². The Kier molecular flexibility index (Phi) is 3.46. The molecule has 18 heavy (non-hydrogen) atoms. The van der Waals surface area contributed by atoms with Crippen LogP contribution < -0.4 is 0 Å². The Morgan fingerprint density at radius 2 is 1.78 bits per heavy atom. The molecule has 0 saturated heterocycles. The van der Waals surface area contributed by atoms with E-state index >= 15 is 0 Å². The Bertz CT molecular complexity index is 528.